The van der Waals surface area contributed by atoms with E-state index >= 15 is 0 Å². The number of imide groups is 1. The van der Waals surface area contributed by atoms with Gasteiger partial charge in [0.2, 0.25) is 47.3 Å². The van der Waals surface area contributed by atoms with Crippen LogP contribution in [0.2, 0.25) is 0 Å². The molecule has 2 aromatic carbocycles. The number of unbranched alkanes of at least 4 members (excludes halogenated alkanes) is 1. The number of benzene rings is 2. The number of aromatic nitrogens is 3. The molecule has 16 N–H and O–H groups in total. The fourth-order valence-electron chi connectivity index (χ4n) is 9.28. The number of carbonyl (C=O) groups is 10. The molecule has 11 amide bonds. The third-order valence-corrected chi connectivity index (χ3v) is 16.1. The number of rotatable bonds is 19. The zero-order valence-electron chi connectivity index (χ0n) is 46.2. The molecule has 9 atom stereocenters. The maximum absolute atomic E-state index is 14.7. The van der Waals surface area contributed by atoms with Gasteiger partial charge in [0.25, 0.3) is 5.91 Å². The second kappa shape index (κ2) is 30.6. The van der Waals surface area contributed by atoms with Crippen LogP contribution < -0.4 is 59.7 Å². The molecule has 4 heterocycles. The number of imidazole rings is 1. The molecule has 2 aliphatic rings. The van der Waals surface area contributed by atoms with Crippen LogP contribution in [0.25, 0.3) is 10.9 Å². The zero-order valence-corrected chi connectivity index (χ0v) is 47.8. The second-order valence-electron chi connectivity index (χ2n) is 20.5. The number of amides is 11. The van der Waals surface area contributed by atoms with E-state index in [1.807, 2.05) is 39.0 Å². The molecule has 442 valence electrons. The lowest BCUT2D eigenvalue weighted by atomic mass is 10.0. The van der Waals surface area contributed by atoms with Crippen LogP contribution in [0.15, 0.2) is 78.3 Å². The van der Waals surface area contributed by atoms with Gasteiger partial charge in [0, 0.05) is 66.3 Å². The summed E-state index contributed by atoms with van der Waals surface area (Å²) in [4.78, 5) is 157. The van der Waals surface area contributed by atoms with Gasteiger partial charge in [-0.1, -0.05) is 104 Å². The highest BCUT2D eigenvalue weighted by Gasteiger charge is 2.45. The van der Waals surface area contributed by atoms with Gasteiger partial charge in [0.05, 0.1) is 6.33 Å². The summed E-state index contributed by atoms with van der Waals surface area (Å²) in [7, 11) is 2.00. The van der Waals surface area contributed by atoms with Crippen molar-refractivity contribution in [3.05, 3.63) is 90.1 Å². The summed E-state index contributed by atoms with van der Waals surface area (Å²) in [5, 5.41) is 22.4. The normalized spacial score (nSPS) is 23.4. The monoisotopic (exact) mass is 1170 g/mol. The largest absolute Gasteiger partial charge is 0.370 e. The molecule has 2 aliphatic heterocycles. The van der Waals surface area contributed by atoms with Gasteiger partial charge >= 0.3 is 6.03 Å². The Morgan fingerprint density at radius 2 is 1.35 bits per heavy atom. The van der Waals surface area contributed by atoms with Crippen molar-refractivity contribution < 1.29 is 47.9 Å². The molecule has 82 heavy (non-hydrogen) atoms. The van der Waals surface area contributed by atoms with Crippen LogP contribution in [0.3, 0.4) is 0 Å². The molecule has 0 aliphatic carbocycles. The van der Waals surface area contributed by atoms with Crippen LogP contribution in [-0.2, 0) is 62.4 Å². The Balaban J connectivity index is 1.38. The van der Waals surface area contributed by atoms with E-state index in [0.29, 0.717) is 36.1 Å². The highest BCUT2D eigenvalue weighted by molar-refractivity contribution is 8.76. The summed E-state index contributed by atoms with van der Waals surface area (Å²) in [5.41, 5.74) is 19.5. The molecular weight excluding hydrogens is 1100 g/mol. The number of H-pyrrole nitrogens is 2. The number of fused-ring (bicyclic) bond motifs is 1. The number of urea groups is 1. The van der Waals surface area contributed by atoms with E-state index in [-0.39, 0.29) is 68.5 Å². The maximum Gasteiger partial charge on any atom is 0.325 e. The van der Waals surface area contributed by atoms with Gasteiger partial charge in [-0.15, -0.1) is 0 Å². The summed E-state index contributed by atoms with van der Waals surface area (Å²) in [6.45, 7) is 7.05. The van der Waals surface area contributed by atoms with Crippen LogP contribution >= 0.6 is 21.6 Å². The van der Waals surface area contributed by atoms with Gasteiger partial charge in [0.15, 0.2) is 5.96 Å². The van der Waals surface area contributed by atoms with E-state index in [1.54, 1.807) is 42.6 Å². The van der Waals surface area contributed by atoms with Crippen LogP contribution in [0.4, 0.5) is 4.79 Å². The number of guanidine groups is 1. The first-order chi connectivity index (χ1) is 39.2. The van der Waals surface area contributed by atoms with Crippen molar-refractivity contribution in [2.24, 2.45) is 28.1 Å². The number of hydrogen-bond donors (Lipinski definition) is 13. The molecular formula is C54H74N16O10S2. The Labute approximate surface area is 482 Å². The molecule has 2 fully saturated rings. The highest BCUT2D eigenvalue weighted by Crippen LogP contribution is 2.25. The van der Waals surface area contributed by atoms with Crippen molar-refractivity contribution >= 4 is 97.6 Å². The number of nitrogens with two attached hydrogens (primary N) is 3. The van der Waals surface area contributed by atoms with Crippen LogP contribution in [0, 0.1) is 5.92 Å². The van der Waals surface area contributed by atoms with E-state index in [0.717, 1.165) is 37.4 Å². The van der Waals surface area contributed by atoms with E-state index < -0.39 is 114 Å². The quantitative estimate of drug-likeness (QED) is 0.0190. The molecule has 0 bridgehead atoms. The van der Waals surface area contributed by atoms with Crippen LogP contribution in [-0.4, -0.2) is 157 Å². The number of aromatic amines is 2. The zero-order chi connectivity index (χ0) is 59.5. The van der Waals surface area contributed by atoms with Crippen molar-refractivity contribution in [3.8, 4) is 0 Å². The number of para-hydroxylation sites is 1. The van der Waals surface area contributed by atoms with E-state index in [9.17, 15) is 47.9 Å². The predicted octanol–water partition coefficient (Wildman–Crippen LogP) is -0.208. The first-order valence-corrected chi connectivity index (χ1v) is 29.6. The summed E-state index contributed by atoms with van der Waals surface area (Å²) in [5.74, 6) is -7.96. The fraction of sp³-hybridized carbons (Fsp3) is 0.481. The first kappa shape index (κ1) is 63.0. The number of primary amides is 1. The summed E-state index contributed by atoms with van der Waals surface area (Å²) >= 11 is 0. The molecule has 28 heteroatoms. The molecule has 0 spiro atoms. The van der Waals surface area contributed by atoms with Gasteiger partial charge in [-0.25, -0.2) is 14.7 Å². The minimum atomic E-state index is -1.45. The average molecular weight is 1170 g/mol. The van der Waals surface area contributed by atoms with Crippen LogP contribution in [0.5, 0.6) is 0 Å². The van der Waals surface area contributed by atoms with Gasteiger partial charge in [-0.2, -0.15) is 0 Å². The van der Waals surface area contributed by atoms with Crippen LogP contribution in [0.1, 0.15) is 83.0 Å². The number of nitrogens with one attached hydrogen (secondary N) is 10. The fourth-order valence-corrected chi connectivity index (χ4v) is 11.6. The Kier molecular flexibility index (Phi) is 23.5. The highest BCUT2D eigenvalue weighted by atomic mass is 33.1. The molecule has 26 nitrogen and oxygen atoms in total. The van der Waals surface area contributed by atoms with Crippen molar-refractivity contribution in [1.82, 2.24) is 62.4 Å². The van der Waals surface area contributed by atoms with E-state index in [2.05, 4.69) is 62.5 Å². The Morgan fingerprint density at radius 3 is 2.02 bits per heavy atom. The molecule has 4 aromatic rings. The molecule has 6 rings (SSSR count). The number of nitrogens with zero attached hydrogens (tertiary/aromatic N) is 3. The lowest BCUT2D eigenvalue weighted by molar-refractivity contribution is -0.138. The summed E-state index contributed by atoms with van der Waals surface area (Å²) < 4.78 is 0. The lowest BCUT2D eigenvalue weighted by Crippen LogP contribution is -2.61. The predicted molar refractivity (Wildman–Crippen MR) is 310 cm³/mol. The minimum absolute atomic E-state index is 0.0321. The second-order valence-corrected chi connectivity index (χ2v) is 23.1. The topological polar surface area (TPSA) is 405 Å². The van der Waals surface area contributed by atoms with Gasteiger partial charge < -0.3 is 69.7 Å². The lowest BCUT2D eigenvalue weighted by Gasteiger charge is -2.28. The Hall–Kier alpha value is -8.14. The third-order valence-electron chi connectivity index (χ3n) is 13.6. The van der Waals surface area contributed by atoms with Crippen molar-refractivity contribution in [1.29, 1.82) is 0 Å². The molecule has 2 saturated heterocycles. The number of carbonyl (C=O) groups excluding carboxylic acids is 10. The Morgan fingerprint density at radius 1 is 0.720 bits per heavy atom. The van der Waals surface area contributed by atoms with E-state index in [4.69, 9.17) is 17.2 Å². The van der Waals surface area contributed by atoms with Crippen molar-refractivity contribution in [2.75, 3.05) is 18.1 Å². The maximum atomic E-state index is 14.7. The molecule has 0 radical (unpaired) electrons. The van der Waals surface area contributed by atoms with Gasteiger partial charge in [-0.05, 0) is 55.7 Å². The molecule has 2 unspecified atom stereocenters. The smallest absolute Gasteiger partial charge is 0.325 e. The van der Waals surface area contributed by atoms with Crippen molar-refractivity contribution in [2.45, 2.75) is 140 Å². The van der Waals surface area contributed by atoms with Gasteiger partial charge in [-0.3, -0.25) is 48.1 Å². The number of hydrogen-bond acceptors (Lipinski definition) is 14. The van der Waals surface area contributed by atoms with Gasteiger partial charge in [0.1, 0.15) is 54.4 Å². The molecule has 2 aromatic heterocycles. The third kappa shape index (κ3) is 18.2. The summed E-state index contributed by atoms with van der Waals surface area (Å²) in [6.07, 6.45) is 5.62. The van der Waals surface area contributed by atoms with Crippen molar-refractivity contribution in [3.63, 3.8) is 0 Å². The average Bonchev–Trinajstić information content (AvgIpc) is 4.18. The minimum Gasteiger partial charge on any atom is -0.370 e. The summed E-state index contributed by atoms with van der Waals surface area (Å²) in [6, 6.07) is 3.25. The SMILES string of the molecule is CCCCC(C(=O)N[C@H]1CSSCC(C(N)=O)NC(=O)[C@H](Cc2c[nH]c3ccccc23)NC(=O)[C@H](CCCN=C(N)N)NC(=O)[C@@H](Cc2ccccc2)NC(=O)[C@H](Cc2cnc[nH]2)NC(=O)[C@@H](C)NC1=O)N1C(=O)N[C@@H](CC(C)C)C1=O. The molecule has 0 saturated carbocycles. The first-order valence-electron chi connectivity index (χ1n) is 27.1. The van der Waals surface area contributed by atoms with E-state index in [1.165, 1.54) is 19.4 Å². The number of aliphatic imine (C=N–C) groups is 1. The Bertz CT molecular complexity index is 2920. The standard InChI is InChI=1S/C54H74N16O10S2/c1-5-6-18-43(70-52(79)40(20-29(2)3)69-54(70)80)51(78)68-42-27-82-81-26-41(44(55)71)67-48(75)38(22-32-24-60-35-16-11-10-15-34(32)35)66-46(73)36(17-12-19-59-53(56)57)63-47(74)37(21-31-13-8-7-9-14-31)65-49(76)39(23-33-25-58-28-61-33)64-45(72)30(4)62-50(42)77/h7-11,13-16,24-25,28-30,36-43,60H,5-6,12,17-23,26-27H2,1-4H3,(H2,55,71)(H,58,61)(H,62,77)(H,63,74)(H,64,72)(H,65,76)(H,66,73)(H,67,75)(H,68,78)(H,69,80)(H4,56,57,59)/t30-,36+,37-,38+,39+,40+,41?,42+,43?/m1/s1.